The largest absolute Gasteiger partial charge is 0.0930 e. The minimum absolute atomic E-state index is 0.992. The second-order valence-electron chi connectivity index (χ2n) is 4.02. The zero-order valence-corrected chi connectivity index (χ0v) is 13.8. The quantitative estimate of drug-likeness (QED) is 0.510. The van der Waals surface area contributed by atoms with E-state index in [0.717, 1.165) is 15.6 Å². The van der Waals surface area contributed by atoms with Gasteiger partial charge in [-0.1, -0.05) is 58.4 Å². The fraction of sp³-hybridized carbons (Fsp3) is 0.250. The Balaban J connectivity index is 5.00. The van der Waals surface area contributed by atoms with Crippen LogP contribution in [0.1, 0.15) is 27.7 Å². The lowest BCUT2D eigenvalue weighted by Gasteiger charge is -2.05. The third-order valence-electron chi connectivity index (χ3n) is 2.57. The van der Waals surface area contributed by atoms with Crippen LogP contribution in [0.4, 0.5) is 0 Å². The van der Waals surface area contributed by atoms with Gasteiger partial charge in [-0.3, -0.25) is 0 Å². The first-order valence-electron chi connectivity index (χ1n) is 5.74. The van der Waals surface area contributed by atoms with Crippen LogP contribution >= 0.6 is 27.5 Å². The Morgan fingerprint density at radius 3 is 2.11 bits per heavy atom. The Morgan fingerprint density at radius 1 is 1.06 bits per heavy atom. The topological polar surface area (TPSA) is 0 Å². The van der Waals surface area contributed by atoms with Crippen molar-refractivity contribution in [1.82, 2.24) is 0 Å². The summed E-state index contributed by atoms with van der Waals surface area (Å²) in [5.74, 6) is 0. The van der Waals surface area contributed by atoms with Gasteiger partial charge in [-0.25, -0.2) is 0 Å². The average molecular weight is 328 g/mol. The number of halogens is 2. The molecule has 0 aromatic carbocycles. The van der Waals surface area contributed by atoms with E-state index in [0.29, 0.717) is 0 Å². The maximum Gasteiger partial charge on any atom is 0.0135 e. The lowest BCUT2D eigenvalue weighted by molar-refractivity contribution is 1.31. The van der Waals surface area contributed by atoms with Crippen molar-refractivity contribution in [2.24, 2.45) is 0 Å². The summed E-state index contributed by atoms with van der Waals surface area (Å²) in [7, 11) is 0. The Morgan fingerprint density at radius 2 is 1.61 bits per heavy atom. The monoisotopic (exact) mass is 326 g/mol. The molecule has 0 atom stereocenters. The molecule has 0 saturated carbocycles. The van der Waals surface area contributed by atoms with Crippen LogP contribution in [0.25, 0.3) is 0 Å². The van der Waals surface area contributed by atoms with Crippen LogP contribution in [-0.2, 0) is 0 Å². The fourth-order valence-corrected chi connectivity index (χ4v) is 1.60. The van der Waals surface area contributed by atoms with Gasteiger partial charge in [0, 0.05) is 10.0 Å². The third kappa shape index (κ3) is 6.83. The molecule has 0 N–H and O–H groups in total. The third-order valence-corrected chi connectivity index (χ3v) is 3.40. The van der Waals surface area contributed by atoms with E-state index < -0.39 is 0 Å². The molecule has 0 bridgehead atoms. The molecule has 0 aliphatic carbocycles. The summed E-state index contributed by atoms with van der Waals surface area (Å²) < 4.78 is 1.08. The molecule has 0 unspecified atom stereocenters. The predicted molar refractivity (Wildman–Crippen MR) is 88.1 cm³/mol. The van der Waals surface area contributed by atoms with Gasteiger partial charge >= 0.3 is 0 Å². The van der Waals surface area contributed by atoms with Gasteiger partial charge in [0.25, 0.3) is 0 Å². The van der Waals surface area contributed by atoms with E-state index in [1.165, 1.54) is 16.7 Å². The van der Waals surface area contributed by atoms with Gasteiger partial charge in [0.05, 0.1) is 0 Å². The van der Waals surface area contributed by atoms with Crippen LogP contribution in [0.2, 0.25) is 0 Å². The zero-order valence-electron chi connectivity index (χ0n) is 11.4. The first-order chi connectivity index (χ1) is 8.42. The first kappa shape index (κ1) is 17.2. The van der Waals surface area contributed by atoms with Gasteiger partial charge < -0.3 is 0 Å². The Kier molecular flexibility index (Phi) is 8.78. The second kappa shape index (κ2) is 9.18. The zero-order chi connectivity index (χ0) is 14.1. The number of allylic oxidation sites excluding steroid dienone is 10. The van der Waals surface area contributed by atoms with Crippen LogP contribution in [0.3, 0.4) is 0 Å². The van der Waals surface area contributed by atoms with Crippen molar-refractivity contribution in [3.8, 4) is 0 Å². The normalized spacial score (nSPS) is 15.4. The molecule has 0 aliphatic heterocycles. The molecule has 0 radical (unpaired) electrons. The van der Waals surface area contributed by atoms with Gasteiger partial charge in [-0.15, -0.1) is 0 Å². The SMILES string of the molecule is C=C(/C=C(C)/C(C)=C/C(Br)=C\C)C(C)=CC=CCl. The average Bonchev–Trinajstić information content (AvgIpc) is 2.35. The van der Waals surface area contributed by atoms with E-state index in [2.05, 4.69) is 48.5 Å². The Hall–Kier alpha value is -0.790. The van der Waals surface area contributed by atoms with Gasteiger partial charge in [0.2, 0.25) is 0 Å². The fourth-order valence-electron chi connectivity index (χ4n) is 1.18. The second-order valence-corrected chi connectivity index (χ2v) is 5.19. The van der Waals surface area contributed by atoms with E-state index in [1.54, 1.807) is 6.08 Å². The summed E-state index contributed by atoms with van der Waals surface area (Å²) in [5, 5.41) is 0. The summed E-state index contributed by atoms with van der Waals surface area (Å²) in [6.45, 7) is 12.2. The van der Waals surface area contributed by atoms with Gasteiger partial charge in [0.1, 0.15) is 0 Å². The lowest BCUT2D eigenvalue weighted by atomic mass is 10.0. The molecule has 0 amide bonds. The van der Waals surface area contributed by atoms with Crippen molar-refractivity contribution < 1.29 is 0 Å². The van der Waals surface area contributed by atoms with Crippen molar-refractivity contribution in [2.75, 3.05) is 0 Å². The van der Waals surface area contributed by atoms with Crippen molar-refractivity contribution in [1.29, 1.82) is 0 Å². The maximum absolute atomic E-state index is 5.49. The van der Waals surface area contributed by atoms with Crippen molar-refractivity contribution in [2.45, 2.75) is 27.7 Å². The van der Waals surface area contributed by atoms with E-state index in [4.69, 9.17) is 11.6 Å². The highest BCUT2D eigenvalue weighted by Gasteiger charge is 1.97. The number of hydrogen-bond donors (Lipinski definition) is 0. The Bertz CT molecular complexity index is 446. The molecule has 0 nitrogen and oxygen atoms in total. The lowest BCUT2D eigenvalue weighted by Crippen LogP contribution is -1.84. The van der Waals surface area contributed by atoms with Crippen LogP contribution in [0, 0.1) is 0 Å². The molecule has 0 fully saturated rings. The maximum atomic E-state index is 5.49. The predicted octanol–water partition coefficient (Wildman–Crippen LogP) is 6.43. The number of rotatable bonds is 5. The van der Waals surface area contributed by atoms with Crippen molar-refractivity contribution in [3.63, 3.8) is 0 Å². The minimum Gasteiger partial charge on any atom is -0.0930 e. The van der Waals surface area contributed by atoms with E-state index in [1.807, 2.05) is 26.0 Å². The minimum atomic E-state index is 0.992. The van der Waals surface area contributed by atoms with Crippen molar-refractivity contribution >= 4 is 27.5 Å². The summed E-state index contributed by atoms with van der Waals surface area (Å²) in [6.07, 6.45) is 9.93. The molecule has 18 heavy (non-hydrogen) atoms. The molecule has 98 valence electrons. The van der Waals surface area contributed by atoms with E-state index in [9.17, 15) is 0 Å². The molecule has 0 aromatic heterocycles. The number of hydrogen-bond acceptors (Lipinski definition) is 0. The highest BCUT2D eigenvalue weighted by molar-refractivity contribution is 9.11. The molecule has 2 heteroatoms. The molecule has 0 spiro atoms. The molecule has 0 saturated heterocycles. The first-order valence-corrected chi connectivity index (χ1v) is 6.97. The summed E-state index contributed by atoms with van der Waals surface area (Å²) in [6, 6.07) is 0. The van der Waals surface area contributed by atoms with E-state index in [-0.39, 0.29) is 0 Å². The Labute approximate surface area is 124 Å². The smallest absolute Gasteiger partial charge is 0.0135 e. The highest BCUT2D eigenvalue weighted by Crippen LogP contribution is 2.19. The standard InChI is InChI=1S/C16H20BrCl/c1-6-16(17)11-15(5)14(4)10-13(3)12(2)8-7-9-18/h6-11H,3H2,1-2,4-5H3/b9-7?,12-8?,14-10+,15-11+,16-6+. The molecular formula is C16H20BrCl. The highest BCUT2D eigenvalue weighted by atomic mass is 79.9. The molecule has 0 rings (SSSR count). The molecule has 0 aliphatic rings. The van der Waals surface area contributed by atoms with Gasteiger partial charge in [0.15, 0.2) is 0 Å². The van der Waals surface area contributed by atoms with E-state index >= 15 is 0 Å². The van der Waals surface area contributed by atoms with Gasteiger partial charge in [-0.05, 0) is 56.1 Å². The summed E-state index contributed by atoms with van der Waals surface area (Å²) in [5.41, 5.74) is 5.99. The summed E-state index contributed by atoms with van der Waals surface area (Å²) in [4.78, 5) is 0. The molecule has 0 heterocycles. The molecule has 0 aromatic rings. The van der Waals surface area contributed by atoms with Crippen molar-refractivity contribution in [3.05, 3.63) is 69.3 Å². The van der Waals surface area contributed by atoms with Crippen LogP contribution in [0.15, 0.2) is 69.3 Å². The van der Waals surface area contributed by atoms with Gasteiger partial charge in [-0.2, -0.15) is 0 Å². The van der Waals surface area contributed by atoms with Crippen LogP contribution in [0.5, 0.6) is 0 Å². The van der Waals surface area contributed by atoms with Crippen LogP contribution in [-0.4, -0.2) is 0 Å². The van der Waals surface area contributed by atoms with Crippen LogP contribution < -0.4 is 0 Å². The summed E-state index contributed by atoms with van der Waals surface area (Å²) >= 11 is 8.96. The molecular weight excluding hydrogens is 308 g/mol.